The van der Waals surface area contributed by atoms with Gasteiger partial charge >= 0.3 is 0 Å². The molecule has 2 heterocycles. The van der Waals surface area contributed by atoms with Gasteiger partial charge in [0, 0.05) is 7.05 Å². The topological polar surface area (TPSA) is 99.8 Å². The molecule has 0 bridgehead atoms. The van der Waals surface area contributed by atoms with Gasteiger partial charge < -0.3 is 25.4 Å². The van der Waals surface area contributed by atoms with Crippen LogP contribution in [0, 0.1) is 0 Å². The average Bonchev–Trinajstić information content (AvgIpc) is 2.98. The number of fused-ring (bicyclic) bond motifs is 1. The van der Waals surface area contributed by atoms with Gasteiger partial charge in [0.2, 0.25) is 5.95 Å². The van der Waals surface area contributed by atoms with Crippen molar-refractivity contribution in [3.8, 4) is 0 Å². The van der Waals surface area contributed by atoms with Crippen LogP contribution >= 0.6 is 23.2 Å². The lowest BCUT2D eigenvalue weighted by atomic mass is 10.1. The zero-order chi connectivity index (χ0) is 16.0. The molecule has 4 atom stereocenters. The van der Waals surface area contributed by atoms with Gasteiger partial charge in [-0.3, -0.25) is 4.57 Å². The zero-order valence-electron chi connectivity index (χ0n) is 11.6. The standard InChI is InChI=1S/C13H15Cl2N3O4/c1-16-13-17-7-2-5(14)6(15)3-8(7)18(13)12-11(21)10(20)9(4-19)22-12/h2-3,9-12,19-21H,4H2,1H3,(H,16,17)/t9-,10?,11-,12+/m0/s1. The quantitative estimate of drug-likeness (QED) is 0.660. The molecule has 0 aliphatic carbocycles. The minimum Gasteiger partial charge on any atom is -0.394 e. The summed E-state index contributed by atoms with van der Waals surface area (Å²) in [5.74, 6) is 0.420. The van der Waals surface area contributed by atoms with E-state index in [1.807, 2.05) is 0 Å². The molecule has 1 fully saturated rings. The lowest BCUT2D eigenvalue weighted by Crippen LogP contribution is -2.33. The van der Waals surface area contributed by atoms with E-state index >= 15 is 0 Å². The fourth-order valence-electron chi connectivity index (χ4n) is 2.62. The summed E-state index contributed by atoms with van der Waals surface area (Å²) >= 11 is 12.0. The molecule has 3 rings (SSSR count). The number of nitrogens with zero attached hydrogens (tertiary/aromatic N) is 2. The lowest BCUT2D eigenvalue weighted by Gasteiger charge is -2.19. The second-order valence-electron chi connectivity index (χ2n) is 5.04. The number of ether oxygens (including phenoxy) is 1. The summed E-state index contributed by atoms with van der Waals surface area (Å²) in [4.78, 5) is 4.36. The number of nitrogens with one attached hydrogen (secondary N) is 1. The minimum atomic E-state index is -1.21. The Hall–Kier alpha value is -1.09. The maximum Gasteiger partial charge on any atom is 0.205 e. The highest BCUT2D eigenvalue weighted by Crippen LogP contribution is 2.37. The summed E-state index contributed by atoms with van der Waals surface area (Å²) in [5, 5.41) is 33.0. The Morgan fingerprint density at radius 2 is 1.95 bits per heavy atom. The number of aliphatic hydroxyl groups is 3. The summed E-state index contributed by atoms with van der Waals surface area (Å²) in [6, 6.07) is 3.22. The Bertz CT molecular complexity index is 708. The highest BCUT2D eigenvalue weighted by molar-refractivity contribution is 6.42. The van der Waals surface area contributed by atoms with E-state index in [1.165, 1.54) is 0 Å². The third-order valence-electron chi connectivity index (χ3n) is 3.73. The Morgan fingerprint density at radius 1 is 1.27 bits per heavy atom. The van der Waals surface area contributed by atoms with Crippen LogP contribution in [0.1, 0.15) is 6.23 Å². The molecule has 1 aromatic carbocycles. The van der Waals surface area contributed by atoms with Crippen molar-refractivity contribution < 1.29 is 20.1 Å². The molecular formula is C13H15Cl2N3O4. The molecule has 120 valence electrons. The van der Waals surface area contributed by atoms with E-state index in [0.717, 1.165) is 0 Å². The number of hydrogen-bond acceptors (Lipinski definition) is 6. The summed E-state index contributed by atoms with van der Waals surface area (Å²) in [6.45, 7) is -0.400. The Labute approximate surface area is 136 Å². The highest BCUT2D eigenvalue weighted by atomic mass is 35.5. The van der Waals surface area contributed by atoms with Crippen molar-refractivity contribution in [2.45, 2.75) is 24.5 Å². The smallest absolute Gasteiger partial charge is 0.205 e. The van der Waals surface area contributed by atoms with Crippen molar-refractivity contribution in [3.63, 3.8) is 0 Å². The number of aliphatic hydroxyl groups excluding tert-OH is 3. The molecule has 1 aliphatic heterocycles. The van der Waals surface area contributed by atoms with E-state index in [9.17, 15) is 15.3 Å². The molecule has 1 saturated heterocycles. The van der Waals surface area contributed by atoms with Crippen LogP contribution in [0.5, 0.6) is 0 Å². The average molecular weight is 348 g/mol. The fourth-order valence-corrected chi connectivity index (χ4v) is 2.93. The van der Waals surface area contributed by atoms with Crippen LogP contribution in [0.4, 0.5) is 5.95 Å². The van der Waals surface area contributed by atoms with Gasteiger partial charge in [-0.05, 0) is 12.1 Å². The first-order valence-electron chi connectivity index (χ1n) is 6.65. The van der Waals surface area contributed by atoms with Crippen molar-refractivity contribution in [1.29, 1.82) is 0 Å². The monoisotopic (exact) mass is 347 g/mol. The van der Waals surface area contributed by atoms with E-state index in [4.69, 9.17) is 27.9 Å². The van der Waals surface area contributed by atoms with Crippen LogP contribution in [0.15, 0.2) is 12.1 Å². The molecule has 7 nitrogen and oxygen atoms in total. The van der Waals surface area contributed by atoms with Gasteiger partial charge in [0.15, 0.2) is 6.23 Å². The van der Waals surface area contributed by atoms with Crippen LogP contribution < -0.4 is 5.32 Å². The normalized spacial score (nSPS) is 28.5. The molecule has 9 heteroatoms. The minimum absolute atomic E-state index is 0.338. The molecule has 1 unspecified atom stereocenters. The number of anilines is 1. The van der Waals surface area contributed by atoms with E-state index in [0.29, 0.717) is 27.0 Å². The molecular weight excluding hydrogens is 333 g/mol. The summed E-state index contributed by atoms with van der Waals surface area (Å²) in [7, 11) is 1.67. The molecule has 1 aliphatic rings. The molecule has 0 amide bonds. The van der Waals surface area contributed by atoms with E-state index in [-0.39, 0.29) is 0 Å². The zero-order valence-corrected chi connectivity index (χ0v) is 13.1. The van der Waals surface area contributed by atoms with Crippen molar-refractivity contribution in [1.82, 2.24) is 9.55 Å². The largest absolute Gasteiger partial charge is 0.394 e. The predicted octanol–water partition coefficient (Wildman–Crippen LogP) is 0.996. The van der Waals surface area contributed by atoms with E-state index in [2.05, 4.69) is 10.3 Å². The second-order valence-corrected chi connectivity index (χ2v) is 5.85. The summed E-state index contributed by atoms with van der Waals surface area (Å²) in [6.07, 6.45) is -4.18. The lowest BCUT2D eigenvalue weighted by molar-refractivity contribution is -0.0499. The first-order valence-corrected chi connectivity index (χ1v) is 7.40. The van der Waals surface area contributed by atoms with Crippen molar-refractivity contribution in [2.24, 2.45) is 0 Å². The summed E-state index contributed by atoms with van der Waals surface area (Å²) in [5.41, 5.74) is 1.16. The SMILES string of the molecule is CNc1nc2cc(Cl)c(Cl)cc2n1[C@@H]1O[C@@H](CO)C(O)[C@@H]1O. The number of imidazole rings is 1. The van der Waals surface area contributed by atoms with Crippen LogP contribution in [0.3, 0.4) is 0 Å². The molecule has 22 heavy (non-hydrogen) atoms. The van der Waals surface area contributed by atoms with Gasteiger partial charge in [0.25, 0.3) is 0 Å². The van der Waals surface area contributed by atoms with Crippen LogP contribution in [-0.4, -0.2) is 56.8 Å². The second kappa shape index (κ2) is 5.84. The van der Waals surface area contributed by atoms with Crippen molar-refractivity contribution >= 4 is 40.2 Å². The third kappa shape index (κ3) is 2.34. The maximum atomic E-state index is 10.2. The molecule has 0 saturated carbocycles. The van der Waals surface area contributed by atoms with Gasteiger partial charge in [-0.2, -0.15) is 0 Å². The molecule has 0 radical (unpaired) electrons. The Kier molecular flexibility index (Phi) is 4.19. The van der Waals surface area contributed by atoms with Gasteiger partial charge in [-0.1, -0.05) is 23.2 Å². The third-order valence-corrected chi connectivity index (χ3v) is 4.45. The number of rotatable bonds is 3. The van der Waals surface area contributed by atoms with Crippen molar-refractivity contribution in [3.05, 3.63) is 22.2 Å². The number of benzene rings is 1. The van der Waals surface area contributed by atoms with Gasteiger partial charge in [-0.25, -0.2) is 4.98 Å². The van der Waals surface area contributed by atoms with Gasteiger partial charge in [0.1, 0.15) is 18.3 Å². The van der Waals surface area contributed by atoms with Crippen LogP contribution in [0.2, 0.25) is 10.0 Å². The Morgan fingerprint density at radius 3 is 2.55 bits per heavy atom. The number of hydrogen-bond donors (Lipinski definition) is 4. The summed E-state index contributed by atoms with van der Waals surface area (Å²) < 4.78 is 7.14. The fraction of sp³-hybridized carbons (Fsp3) is 0.462. The van der Waals surface area contributed by atoms with Crippen molar-refractivity contribution in [2.75, 3.05) is 19.0 Å². The first-order chi connectivity index (χ1) is 10.5. The first kappa shape index (κ1) is 15.8. The van der Waals surface area contributed by atoms with Gasteiger partial charge in [0.05, 0.1) is 27.7 Å². The highest BCUT2D eigenvalue weighted by Gasteiger charge is 2.44. The van der Waals surface area contributed by atoms with E-state index < -0.39 is 31.1 Å². The predicted molar refractivity (Wildman–Crippen MR) is 82.3 cm³/mol. The van der Waals surface area contributed by atoms with Gasteiger partial charge in [-0.15, -0.1) is 0 Å². The van der Waals surface area contributed by atoms with Crippen LogP contribution in [0.25, 0.3) is 11.0 Å². The maximum absolute atomic E-state index is 10.2. The molecule has 0 spiro atoms. The number of aromatic nitrogens is 2. The van der Waals surface area contributed by atoms with Crippen LogP contribution in [-0.2, 0) is 4.74 Å². The molecule has 1 aromatic heterocycles. The molecule has 2 aromatic rings. The Balaban J connectivity index is 2.15. The molecule has 4 N–H and O–H groups in total. The van der Waals surface area contributed by atoms with E-state index in [1.54, 1.807) is 23.7 Å². The number of halogens is 2.